The molecule has 0 amide bonds. The van der Waals surface area contributed by atoms with E-state index < -0.39 is 5.60 Å². The number of aliphatic hydroxyl groups is 1. The van der Waals surface area contributed by atoms with Crippen LogP contribution in [0.1, 0.15) is 73.1 Å². The van der Waals surface area contributed by atoms with E-state index in [9.17, 15) is 5.11 Å². The van der Waals surface area contributed by atoms with Gasteiger partial charge in [-0.25, -0.2) is 4.99 Å². The van der Waals surface area contributed by atoms with Crippen molar-refractivity contribution in [3.05, 3.63) is 7.05 Å². The van der Waals surface area contributed by atoms with E-state index in [1.807, 2.05) is 6.92 Å². The Morgan fingerprint density at radius 3 is 2.32 bits per heavy atom. The number of alkyl halides is 1. The van der Waals surface area contributed by atoms with Gasteiger partial charge in [0, 0.05) is 12.3 Å². The molecule has 0 bridgehead atoms. The van der Waals surface area contributed by atoms with Crippen molar-refractivity contribution in [2.24, 2.45) is 22.7 Å². The van der Waals surface area contributed by atoms with Crippen LogP contribution in [0.3, 0.4) is 0 Å². The van der Waals surface area contributed by atoms with Crippen LogP contribution in [0.25, 0.3) is 0 Å². The maximum absolute atomic E-state index is 11.2. The highest BCUT2D eigenvalue weighted by Gasteiger charge is 2.61. The molecule has 0 spiro atoms. The lowest BCUT2D eigenvalue weighted by Crippen LogP contribution is -2.94. The summed E-state index contributed by atoms with van der Waals surface area (Å²) in [6.07, 6.45) is 5.68. The zero-order valence-corrected chi connectivity index (χ0v) is 19.6. The molecular formula is C22H37ClN2O2S. The topological polar surface area (TPSA) is 58.4 Å². The molecule has 2 saturated carbocycles. The van der Waals surface area contributed by atoms with Crippen molar-refractivity contribution in [1.29, 1.82) is 0 Å². The van der Waals surface area contributed by atoms with Crippen LogP contribution in [0, 0.1) is 24.8 Å². The summed E-state index contributed by atoms with van der Waals surface area (Å²) in [6, 6.07) is -0.259. The molecule has 6 heteroatoms. The minimum atomic E-state index is -0.875. The number of aliphatic imine (C=N–C) groups is 1. The summed E-state index contributed by atoms with van der Waals surface area (Å²) in [7, 11) is 4.16. The van der Waals surface area contributed by atoms with E-state index in [2.05, 4.69) is 50.2 Å². The van der Waals surface area contributed by atoms with Gasteiger partial charge in [-0.15, -0.1) is 11.6 Å². The van der Waals surface area contributed by atoms with Crippen LogP contribution in [-0.2, 0) is 4.74 Å². The first kappa shape index (κ1) is 22.7. The third kappa shape index (κ3) is 3.72. The van der Waals surface area contributed by atoms with Crippen molar-refractivity contribution in [3.63, 3.8) is 0 Å². The molecule has 2 aliphatic carbocycles. The van der Waals surface area contributed by atoms with Crippen LogP contribution in [-0.4, -0.2) is 44.0 Å². The fraction of sp³-hybridized carbons (Fsp3) is 0.909. The molecule has 1 saturated heterocycles. The van der Waals surface area contributed by atoms with Gasteiger partial charge in [-0.3, -0.25) is 0 Å². The Balaban J connectivity index is 2.04. The number of halogens is 1. The van der Waals surface area contributed by atoms with Gasteiger partial charge in [-0.2, -0.15) is 7.05 Å². The molecule has 3 rings (SSSR count). The van der Waals surface area contributed by atoms with Crippen molar-refractivity contribution >= 4 is 29.0 Å². The highest BCUT2D eigenvalue weighted by atomic mass is 35.5. The van der Waals surface area contributed by atoms with Crippen molar-refractivity contribution in [1.82, 2.24) is 0 Å². The summed E-state index contributed by atoms with van der Waals surface area (Å²) >= 11 is 11.6. The Labute approximate surface area is 180 Å². The average molecular weight is 429 g/mol. The summed E-state index contributed by atoms with van der Waals surface area (Å²) < 4.78 is 6.73. The Kier molecular flexibility index (Phi) is 6.14. The first-order valence-electron chi connectivity index (χ1n) is 10.7. The quantitative estimate of drug-likeness (QED) is 0.312. The molecule has 0 aromatic heterocycles. The molecule has 160 valence electrons. The number of thiocarbonyl (C=S) groups is 1. The molecule has 3 N–H and O–H groups in total. The van der Waals surface area contributed by atoms with Crippen molar-refractivity contribution < 1.29 is 15.2 Å². The van der Waals surface area contributed by atoms with Gasteiger partial charge in [-0.1, -0.05) is 0 Å². The summed E-state index contributed by atoms with van der Waals surface area (Å²) in [5.41, 5.74) is -1.49. The number of rotatable bonds is 3. The number of nitrogens with two attached hydrogens (primary N) is 1. The lowest BCUT2D eigenvalue weighted by molar-refractivity contribution is -0.688. The minimum absolute atomic E-state index is 0.0164. The van der Waals surface area contributed by atoms with Crippen LogP contribution in [0.15, 0.2) is 4.99 Å². The molecule has 0 unspecified atom stereocenters. The molecule has 4 nitrogen and oxygen atoms in total. The molecule has 0 aromatic rings. The van der Waals surface area contributed by atoms with Gasteiger partial charge in [0.2, 0.25) is 0 Å². The van der Waals surface area contributed by atoms with Gasteiger partial charge in [0.15, 0.2) is 0 Å². The number of hydrogen-bond donors (Lipinski definition) is 2. The zero-order valence-electron chi connectivity index (χ0n) is 18.0. The van der Waals surface area contributed by atoms with Crippen LogP contribution in [0.5, 0.6) is 0 Å². The number of quaternary nitrogens is 1. The number of isothiocyanates is 1. The molecule has 3 fully saturated rings. The van der Waals surface area contributed by atoms with Gasteiger partial charge in [0.05, 0.1) is 38.9 Å². The van der Waals surface area contributed by atoms with Gasteiger partial charge >= 0.3 is 0 Å². The van der Waals surface area contributed by atoms with Gasteiger partial charge in [0.25, 0.3) is 0 Å². The second-order valence-corrected chi connectivity index (χ2v) is 11.3. The molecule has 0 aromatic carbocycles. The minimum Gasteiger partial charge on any atom is -0.474 e. The van der Waals surface area contributed by atoms with Gasteiger partial charge in [-0.05, 0) is 90.8 Å². The van der Waals surface area contributed by atoms with Crippen LogP contribution < -0.4 is 5.32 Å². The van der Waals surface area contributed by atoms with Gasteiger partial charge in [0.1, 0.15) is 0 Å². The summed E-state index contributed by atoms with van der Waals surface area (Å²) in [5.74, 6) is 0.875. The molecule has 1 heterocycles. The van der Waals surface area contributed by atoms with Crippen LogP contribution >= 0.6 is 23.8 Å². The Morgan fingerprint density at radius 1 is 1.11 bits per heavy atom. The summed E-state index contributed by atoms with van der Waals surface area (Å²) in [4.78, 5) is 4.55. The maximum Gasteiger partial charge on any atom is 0.0923 e. The van der Waals surface area contributed by atoms with Crippen molar-refractivity contribution in [3.8, 4) is 0 Å². The fourth-order valence-corrected chi connectivity index (χ4v) is 6.79. The average Bonchev–Trinajstić information content (AvgIpc) is 2.60. The monoisotopic (exact) mass is 428 g/mol. The maximum atomic E-state index is 11.2. The second kappa shape index (κ2) is 7.59. The zero-order chi connectivity index (χ0) is 21.0. The number of fused-ring (bicyclic) bond motifs is 1. The number of ether oxygens (including phenoxy) is 1. The lowest BCUT2D eigenvalue weighted by Gasteiger charge is -2.61. The van der Waals surface area contributed by atoms with E-state index in [-0.39, 0.29) is 40.0 Å². The SMILES string of the molecule is [CH2-][NH2+][C@@]1(C)CC[C@H]([C@@]2(C)CC[C@@H](Cl)C(C)(C)O2)[C@H]2[C@@H](N=C=S)[C@](C)(O)CC[C@@H]21. The van der Waals surface area contributed by atoms with E-state index in [1.165, 1.54) is 0 Å². The summed E-state index contributed by atoms with van der Waals surface area (Å²) in [5, 5.41) is 16.0. The first-order chi connectivity index (χ1) is 12.9. The van der Waals surface area contributed by atoms with Crippen LogP contribution in [0.4, 0.5) is 0 Å². The van der Waals surface area contributed by atoms with E-state index in [4.69, 9.17) is 28.6 Å². The molecule has 0 radical (unpaired) electrons. The fourth-order valence-electron chi connectivity index (χ4n) is 6.52. The lowest BCUT2D eigenvalue weighted by atomic mass is 9.51. The van der Waals surface area contributed by atoms with E-state index in [1.54, 1.807) is 0 Å². The normalized spacial score (nSPS) is 51.1. The van der Waals surface area contributed by atoms with Crippen molar-refractivity contribution in [2.75, 3.05) is 0 Å². The highest BCUT2D eigenvalue weighted by Crippen LogP contribution is 2.56. The third-order valence-corrected chi connectivity index (χ3v) is 9.17. The molecule has 28 heavy (non-hydrogen) atoms. The highest BCUT2D eigenvalue weighted by molar-refractivity contribution is 7.78. The Hall–Kier alpha value is -0.0300. The smallest absolute Gasteiger partial charge is 0.0923 e. The standard InChI is InChI=1S/C22H37ClN2O2S/c1-19(2)16(23)9-12-22(5,27-19)15-7-10-20(3,24-6)14-8-11-21(4,26)18(17(14)15)25-13-28/h14-18,26H,6-12,24H2,1-5H3/t14-,15-,16+,17-,18+,20-,21+,22+/m0/s1. The summed E-state index contributed by atoms with van der Waals surface area (Å²) in [6.45, 7) is 10.7. The second-order valence-electron chi connectivity index (χ2n) is 10.6. The third-order valence-electron chi connectivity index (χ3n) is 8.32. The Bertz CT molecular complexity index is 650. The predicted octanol–water partition coefficient (Wildman–Crippen LogP) is 3.71. The first-order valence-corrected chi connectivity index (χ1v) is 11.5. The number of hydrogen-bond acceptors (Lipinski definition) is 4. The molecule has 1 aliphatic heterocycles. The molecule has 3 aliphatic rings. The van der Waals surface area contributed by atoms with E-state index in [0.717, 1.165) is 38.5 Å². The van der Waals surface area contributed by atoms with E-state index >= 15 is 0 Å². The number of nitrogens with zero attached hydrogens (tertiary/aromatic N) is 1. The molecular weight excluding hydrogens is 392 g/mol. The Morgan fingerprint density at radius 2 is 1.75 bits per heavy atom. The largest absolute Gasteiger partial charge is 0.474 e. The van der Waals surface area contributed by atoms with Crippen molar-refractivity contribution in [2.45, 2.75) is 107 Å². The van der Waals surface area contributed by atoms with Gasteiger partial charge < -0.3 is 15.2 Å². The predicted molar refractivity (Wildman–Crippen MR) is 117 cm³/mol. The molecule has 8 atom stereocenters. The van der Waals surface area contributed by atoms with Crippen LogP contribution in [0.2, 0.25) is 0 Å². The van der Waals surface area contributed by atoms with E-state index in [0.29, 0.717) is 5.92 Å².